The highest BCUT2D eigenvalue weighted by molar-refractivity contribution is 7.21. The number of pyridine rings is 1. The Balaban J connectivity index is 1.87. The molecule has 1 unspecified atom stereocenters. The number of halogens is 2. The Bertz CT molecular complexity index is 1440. The number of alkyl halides is 2. The molecule has 0 aliphatic heterocycles. The minimum absolute atomic E-state index is 0.0368. The van der Waals surface area contributed by atoms with Gasteiger partial charge in [0.1, 0.15) is 33.8 Å². The monoisotopic (exact) mass is 500 g/mol. The van der Waals surface area contributed by atoms with Crippen molar-refractivity contribution in [3.63, 3.8) is 0 Å². The number of nitro groups is 1. The molecule has 0 fully saturated rings. The number of rotatable bonds is 8. The van der Waals surface area contributed by atoms with Crippen LogP contribution >= 0.6 is 11.3 Å². The number of primary amides is 1. The molecule has 0 saturated carbocycles. The van der Waals surface area contributed by atoms with E-state index in [1.54, 1.807) is 37.3 Å². The van der Waals surface area contributed by atoms with Crippen LogP contribution in [0.2, 0.25) is 0 Å². The first-order chi connectivity index (χ1) is 16.7. The lowest BCUT2D eigenvalue weighted by molar-refractivity contribution is -0.385. The Labute approximate surface area is 200 Å². The van der Waals surface area contributed by atoms with Crippen LogP contribution < -0.4 is 11.1 Å². The van der Waals surface area contributed by atoms with Gasteiger partial charge < -0.3 is 11.1 Å². The van der Waals surface area contributed by atoms with Gasteiger partial charge in [-0.05, 0) is 23.6 Å². The fraction of sp³-hybridized carbons (Fsp3) is 0.182. The second kappa shape index (κ2) is 9.54. The highest BCUT2D eigenvalue weighted by Crippen LogP contribution is 2.42. The molecule has 3 N–H and O–H groups in total. The van der Waals surface area contributed by atoms with Crippen LogP contribution in [-0.4, -0.2) is 31.5 Å². The fourth-order valence-corrected chi connectivity index (χ4v) is 4.67. The molecular formula is C22H18F2N6O4S. The minimum Gasteiger partial charge on any atom is -0.365 e. The Morgan fingerprint density at radius 2 is 2.00 bits per heavy atom. The molecule has 3 aromatic heterocycles. The third-order valence-corrected chi connectivity index (χ3v) is 6.37. The third-order valence-electron chi connectivity index (χ3n) is 5.27. The van der Waals surface area contributed by atoms with Crippen LogP contribution in [0.1, 0.15) is 41.2 Å². The van der Waals surface area contributed by atoms with E-state index in [0.29, 0.717) is 11.1 Å². The van der Waals surface area contributed by atoms with Crippen molar-refractivity contribution in [2.24, 2.45) is 5.73 Å². The second-order valence-electron chi connectivity index (χ2n) is 7.46. The van der Waals surface area contributed by atoms with Crippen molar-refractivity contribution in [3.8, 4) is 11.1 Å². The summed E-state index contributed by atoms with van der Waals surface area (Å²) in [4.78, 5) is 39.9. The van der Waals surface area contributed by atoms with Gasteiger partial charge in [0, 0.05) is 5.39 Å². The molecule has 3 heterocycles. The molecular weight excluding hydrogens is 482 g/mol. The van der Waals surface area contributed by atoms with E-state index in [2.05, 4.69) is 15.4 Å². The number of aromatic nitrogens is 3. The maximum atomic E-state index is 13.6. The maximum absolute atomic E-state index is 13.6. The molecule has 35 heavy (non-hydrogen) atoms. The number of carbonyl (C=O) groups is 2. The van der Waals surface area contributed by atoms with Crippen LogP contribution in [0.25, 0.3) is 21.3 Å². The summed E-state index contributed by atoms with van der Waals surface area (Å²) in [6.07, 6.45) is -0.495. The summed E-state index contributed by atoms with van der Waals surface area (Å²) in [6, 6.07) is 8.87. The molecule has 0 aliphatic carbocycles. The smallest absolute Gasteiger partial charge is 0.307 e. The molecule has 0 saturated heterocycles. The number of amides is 2. The van der Waals surface area contributed by atoms with Crippen LogP contribution in [0.15, 0.2) is 48.8 Å². The van der Waals surface area contributed by atoms with Gasteiger partial charge in [-0.15, -0.1) is 11.3 Å². The molecule has 0 aliphatic rings. The zero-order valence-corrected chi connectivity index (χ0v) is 19.0. The van der Waals surface area contributed by atoms with E-state index < -0.39 is 34.9 Å². The number of fused-ring (bicyclic) bond motifs is 1. The van der Waals surface area contributed by atoms with Crippen LogP contribution in [0.3, 0.4) is 0 Å². The average Bonchev–Trinajstić information content (AvgIpc) is 3.45. The Kier molecular flexibility index (Phi) is 6.51. The molecule has 180 valence electrons. The largest absolute Gasteiger partial charge is 0.365 e. The Morgan fingerprint density at radius 1 is 1.29 bits per heavy atom. The number of nitrogens with zero attached hydrogens (tertiary/aromatic N) is 4. The van der Waals surface area contributed by atoms with E-state index in [0.717, 1.165) is 28.4 Å². The van der Waals surface area contributed by atoms with Crippen molar-refractivity contribution >= 4 is 44.7 Å². The first-order valence-electron chi connectivity index (χ1n) is 10.3. The highest BCUT2D eigenvalue weighted by atomic mass is 32.1. The van der Waals surface area contributed by atoms with Gasteiger partial charge in [0.05, 0.1) is 10.6 Å². The van der Waals surface area contributed by atoms with Gasteiger partial charge in [-0.25, -0.2) is 13.8 Å². The van der Waals surface area contributed by atoms with Crippen molar-refractivity contribution in [1.82, 2.24) is 14.8 Å². The Hall–Kier alpha value is -4.26. The number of hydrogen-bond donors (Lipinski definition) is 2. The van der Waals surface area contributed by atoms with Crippen LogP contribution in [0, 0.1) is 10.1 Å². The first-order valence-corrected chi connectivity index (χ1v) is 11.1. The number of anilines is 1. The van der Waals surface area contributed by atoms with Gasteiger partial charge in [0.25, 0.3) is 12.3 Å². The number of nitrogens with two attached hydrogens (primary N) is 1. The summed E-state index contributed by atoms with van der Waals surface area (Å²) in [5, 5.41) is 17.9. The van der Waals surface area contributed by atoms with E-state index in [-0.39, 0.29) is 32.9 Å². The predicted molar refractivity (Wildman–Crippen MR) is 125 cm³/mol. The lowest BCUT2D eigenvalue weighted by atomic mass is 10.0. The van der Waals surface area contributed by atoms with E-state index in [4.69, 9.17) is 5.73 Å². The molecule has 10 nitrogen and oxygen atoms in total. The van der Waals surface area contributed by atoms with Crippen LogP contribution in [0.4, 0.5) is 20.2 Å². The molecule has 13 heteroatoms. The zero-order chi connectivity index (χ0) is 25.3. The first kappa shape index (κ1) is 23.9. The van der Waals surface area contributed by atoms with Gasteiger partial charge in [-0.2, -0.15) is 5.10 Å². The van der Waals surface area contributed by atoms with Crippen molar-refractivity contribution in [3.05, 3.63) is 69.5 Å². The fourth-order valence-electron chi connectivity index (χ4n) is 3.66. The number of thiophene rings is 1. The highest BCUT2D eigenvalue weighted by Gasteiger charge is 2.28. The maximum Gasteiger partial charge on any atom is 0.307 e. The normalized spacial score (nSPS) is 12.1. The van der Waals surface area contributed by atoms with Gasteiger partial charge in [-0.3, -0.25) is 24.4 Å². The molecule has 0 bridgehead atoms. The summed E-state index contributed by atoms with van der Waals surface area (Å²) in [5.74, 6) is -1.49. The number of hydrogen-bond acceptors (Lipinski definition) is 7. The summed E-state index contributed by atoms with van der Waals surface area (Å²) >= 11 is 0.792. The summed E-state index contributed by atoms with van der Waals surface area (Å²) in [6.45, 7) is 1.68. The molecule has 1 aromatic carbocycles. The summed E-state index contributed by atoms with van der Waals surface area (Å²) < 4.78 is 28.3. The third kappa shape index (κ3) is 4.57. The topological polar surface area (TPSA) is 146 Å². The van der Waals surface area contributed by atoms with E-state index >= 15 is 0 Å². The minimum atomic E-state index is -2.86. The zero-order valence-electron chi connectivity index (χ0n) is 18.1. The van der Waals surface area contributed by atoms with E-state index in [9.17, 15) is 28.5 Å². The SMILES string of the molecule is CCC(C(=O)Nc1c(C(N)=O)sc2nc(C(F)F)cc(-c3ccccc3)c12)n1cc([N+](=O)[O-])cn1. The van der Waals surface area contributed by atoms with Crippen LogP contribution in [0.5, 0.6) is 0 Å². The quantitative estimate of drug-likeness (QED) is 0.265. The van der Waals surface area contributed by atoms with Gasteiger partial charge in [-0.1, -0.05) is 37.3 Å². The predicted octanol–water partition coefficient (Wildman–Crippen LogP) is 4.69. The van der Waals surface area contributed by atoms with Crippen molar-refractivity contribution in [2.45, 2.75) is 25.8 Å². The lowest BCUT2D eigenvalue weighted by Gasteiger charge is -2.16. The molecule has 4 aromatic rings. The Morgan fingerprint density at radius 3 is 2.57 bits per heavy atom. The average molecular weight is 500 g/mol. The second-order valence-corrected chi connectivity index (χ2v) is 8.46. The van der Waals surface area contributed by atoms with Crippen molar-refractivity contribution in [2.75, 3.05) is 5.32 Å². The standard InChI is InChI=1S/C22H18F2N6O4S/c1-2-15(29-10-12(9-26-29)30(33)34)21(32)28-17-16-13(11-6-4-3-5-7-11)8-14(19(23)24)27-22(16)35-18(17)20(25)31/h3-10,15,19H,2H2,1H3,(H2,25,31)(H,28,32). The molecule has 2 amide bonds. The van der Waals surface area contributed by atoms with Gasteiger partial charge in [0.15, 0.2) is 0 Å². The van der Waals surface area contributed by atoms with E-state index in [1.165, 1.54) is 6.07 Å². The van der Waals surface area contributed by atoms with Crippen molar-refractivity contribution in [1.29, 1.82) is 0 Å². The number of benzene rings is 1. The van der Waals surface area contributed by atoms with Gasteiger partial charge >= 0.3 is 5.69 Å². The number of carbonyl (C=O) groups excluding carboxylic acids is 2. The van der Waals surface area contributed by atoms with Gasteiger partial charge in [0.2, 0.25) is 5.91 Å². The summed E-state index contributed by atoms with van der Waals surface area (Å²) in [7, 11) is 0. The molecule has 0 radical (unpaired) electrons. The van der Waals surface area contributed by atoms with Crippen LogP contribution in [-0.2, 0) is 4.79 Å². The molecule has 4 rings (SSSR count). The summed E-state index contributed by atoms with van der Waals surface area (Å²) in [5.41, 5.74) is 5.73. The van der Waals surface area contributed by atoms with E-state index in [1.807, 2.05) is 0 Å². The van der Waals surface area contributed by atoms with Crippen molar-refractivity contribution < 1.29 is 23.3 Å². The number of nitrogens with one attached hydrogen (secondary N) is 1. The molecule has 1 atom stereocenters. The lowest BCUT2D eigenvalue weighted by Crippen LogP contribution is -2.27. The molecule has 0 spiro atoms.